The summed E-state index contributed by atoms with van der Waals surface area (Å²) in [5, 5.41) is 0. The predicted octanol–water partition coefficient (Wildman–Crippen LogP) is 2.69. The van der Waals surface area contributed by atoms with E-state index in [1.165, 1.54) is 0 Å². The summed E-state index contributed by atoms with van der Waals surface area (Å²) in [5.41, 5.74) is 1.66. The van der Waals surface area contributed by atoms with Gasteiger partial charge >= 0.3 is 5.97 Å². The Kier molecular flexibility index (Phi) is 3.03. The van der Waals surface area contributed by atoms with E-state index in [1.54, 1.807) is 12.1 Å². The Morgan fingerprint density at radius 2 is 2.00 bits per heavy atom. The Hall–Kier alpha value is -2.16. The number of carbonyl (C=O) groups excluding carboxylic acids is 2. The Morgan fingerprint density at radius 3 is 2.68 bits per heavy atom. The Morgan fingerprint density at radius 1 is 1.21 bits per heavy atom. The van der Waals surface area contributed by atoms with Crippen LogP contribution in [0.1, 0.15) is 23.2 Å². The Bertz CT molecular complexity index is 569. The van der Waals surface area contributed by atoms with Crippen molar-refractivity contribution in [2.45, 2.75) is 18.9 Å². The molecule has 19 heavy (non-hydrogen) atoms. The van der Waals surface area contributed by atoms with Gasteiger partial charge in [0.2, 0.25) is 0 Å². The molecule has 3 rings (SSSR count). The van der Waals surface area contributed by atoms with Gasteiger partial charge in [-0.1, -0.05) is 48.6 Å². The SMILES string of the molecule is O=C1C[C@@H](C(=O)c2ccccc2)[C@H](C2=CC=CC2)O1. The van der Waals surface area contributed by atoms with Gasteiger partial charge in [-0.3, -0.25) is 9.59 Å². The number of esters is 1. The van der Waals surface area contributed by atoms with Crippen molar-refractivity contribution in [3.8, 4) is 0 Å². The normalized spacial score (nSPS) is 25.3. The molecule has 1 aliphatic heterocycles. The quantitative estimate of drug-likeness (QED) is 0.615. The molecule has 1 fully saturated rings. The van der Waals surface area contributed by atoms with Crippen LogP contribution in [0.3, 0.4) is 0 Å². The first kappa shape index (κ1) is 11.9. The van der Waals surface area contributed by atoms with Gasteiger partial charge in [-0.15, -0.1) is 0 Å². The van der Waals surface area contributed by atoms with Gasteiger partial charge in [0, 0.05) is 5.56 Å². The van der Waals surface area contributed by atoms with E-state index in [-0.39, 0.29) is 24.1 Å². The molecule has 1 aliphatic carbocycles. The summed E-state index contributed by atoms with van der Waals surface area (Å²) >= 11 is 0. The molecule has 0 N–H and O–H groups in total. The van der Waals surface area contributed by atoms with Gasteiger partial charge in [0.05, 0.1) is 12.3 Å². The molecule has 0 unspecified atom stereocenters. The standard InChI is InChI=1S/C16H14O3/c17-14-10-13(15(18)11-6-2-1-3-7-11)16(19-14)12-8-4-5-9-12/h1-8,13,16H,9-10H2/t13-,16-/m0/s1. The van der Waals surface area contributed by atoms with E-state index >= 15 is 0 Å². The van der Waals surface area contributed by atoms with Gasteiger partial charge in [0.1, 0.15) is 6.10 Å². The molecule has 3 nitrogen and oxygen atoms in total. The van der Waals surface area contributed by atoms with Gasteiger partial charge < -0.3 is 4.74 Å². The van der Waals surface area contributed by atoms with Crippen LogP contribution in [0.5, 0.6) is 0 Å². The van der Waals surface area contributed by atoms with Crippen molar-refractivity contribution in [2.75, 3.05) is 0 Å². The van der Waals surface area contributed by atoms with Crippen LogP contribution in [0, 0.1) is 5.92 Å². The highest BCUT2D eigenvalue weighted by Gasteiger charge is 2.41. The zero-order chi connectivity index (χ0) is 13.2. The van der Waals surface area contributed by atoms with Gasteiger partial charge in [-0.05, 0) is 12.0 Å². The third-order valence-electron chi connectivity index (χ3n) is 3.57. The van der Waals surface area contributed by atoms with Crippen molar-refractivity contribution < 1.29 is 14.3 Å². The first-order chi connectivity index (χ1) is 9.25. The van der Waals surface area contributed by atoms with Crippen LogP contribution < -0.4 is 0 Å². The summed E-state index contributed by atoms with van der Waals surface area (Å²) in [6, 6.07) is 9.09. The van der Waals surface area contributed by atoms with E-state index in [0.29, 0.717) is 5.56 Å². The predicted molar refractivity (Wildman–Crippen MR) is 70.6 cm³/mol. The molecule has 0 aromatic heterocycles. The fraction of sp³-hybridized carbons (Fsp3) is 0.250. The third-order valence-corrected chi connectivity index (χ3v) is 3.57. The lowest BCUT2D eigenvalue weighted by Gasteiger charge is -2.17. The van der Waals surface area contributed by atoms with Gasteiger partial charge in [0.25, 0.3) is 0 Å². The number of hydrogen-bond donors (Lipinski definition) is 0. The summed E-state index contributed by atoms with van der Waals surface area (Å²) in [7, 11) is 0. The summed E-state index contributed by atoms with van der Waals surface area (Å²) in [6.45, 7) is 0. The second kappa shape index (κ2) is 4.84. The average molecular weight is 254 g/mol. The fourth-order valence-electron chi connectivity index (χ4n) is 2.61. The topological polar surface area (TPSA) is 43.4 Å². The fourth-order valence-corrected chi connectivity index (χ4v) is 2.61. The molecular weight excluding hydrogens is 240 g/mol. The number of allylic oxidation sites excluding steroid dienone is 3. The Labute approximate surface area is 111 Å². The highest BCUT2D eigenvalue weighted by Crippen LogP contribution is 2.33. The molecule has 1 saturated heterocycles. The number of ether oxygens (including phenoxy) is 1. The van der Waals surface area contributed by atoms with Crippen molar-refractivity contribution in [3.05, 3.63) is 59.7 Å². The number of benzene rings is 1. The molecule has 2 atom stereocenters. The number of carbonyl (C=O) groups is 2. The number of cyclic esters (lactones) is 1. The lowest BCUT2D eigenvalue weighted by atomic mass is 9.87. The maximum absolute atomic E-state index is 12.5. The second-order valence-electron chi connectivity index (χ2n) is 4.83. The minimum atomic E-state index is -0.393. The first-order valence-electron chi connectivity index (χ1n) is 6.40. The summed E-state index contributed by atoms with van der Waals surface area (Å²) < 4.78 is 5.33. The lowest BCUT2D eigenvalue weighted by Crippen LogP contribution is -2.25. The molecule has 0 saturated carbocycles. The average Bonchev–Trinajstić information content (AvgIpc) is 3.07. The van der Waals surface area contributed by atoms with Gasteiger partial charge in [0.15, 0.2) is 5.78 Å². The highest BCUT2D eigenvalue weighted by atomic mass is 16.6. The number of ketones is 1. The van der Waals surface area contributed by atoms with Crippen molar-refractivity contribution >= 4 is 11.8 Å². The van der Waals surface area contributed by atoms with Crippen LogP contribution >= 0.6 is 0 Å². The van der Waals surface area contributed by atoms with E-state index < -0.39 is 6.10 Å². The molecule has 0 bridgehead atoms. The Balaban J connectivity index is 1.86. The summed E-state index contributed by atoms with van der Waals surface area (Å²) in [5.74, 6) is -0.683. The minimum Gasteiger partial charge on any atom is -0.457 e. The smallest absolute Gasteiger partial charge is 0.307 e. The van der Waals surface area contributed by atoms with E-state index in [1.807, 2.05) is 36.4 Å². The third kappa shape index (κ3) is 2.24. The highest BCUT2D eigenvalue weighted by molar-refractivity contribution is 6.01. The monoisotopic (exact) mass is 254 g/mol. The zero-order valence-corrected chi connectivity index (χ0v) is 10.4. The minimum absolute atomic E-state index is 0.00995. The van der Waals surface area contributed by atoms with E-state index in [4.69, 9.17) is 4.74 Å². The number of hydrogen-bond acceptors (Lipinski definition) is 3. The van der Waals surface area contributed by atoms with Crippen LogP contribution in [0.4, 0.5) is 0 Å². The van der Waals surface area contributed by atoms with Crippen LogP contribution in [0.2, 0.25) is 0 Å². The maximum Gasteiger partial charge on any atom is 0.307 e. The van der Waals surface area contributed by atoms with Crippen LogP contribution in [0.25, 0.3) is 0 Å². The number of Topliss-reactive ketones (excluding diaryl/α,β-unsaturated/α-hetero) is 1. The summed E-state index contributed by atoms with van der Waals surface area (Å²) in [4.78, 5) is 24.0. The molecule has 3 heteroatoms. The molecule has 2 aliphatic rings. The molecule has 1 aromatic carbocycles. The van der Waals surface area contributed by atoms with E-state index in [0.717, 1.165) is 12.0 Å². The van der Waals surface area contributed by atoms with E-state index in [2.05, 4.69) is 0 Å². The van der Waals surface area contributed by atoms with E-state index in [9.17, 15) is 9.59 Å². The van der Waals surface area contributed by atoms with Crippen molar-refractivity contribution in [3.63, 3.8) is 0 Å². The van der Waals surface area contributed by atoms with Crippen molar-refractivity contribution in [1.29, 1.82) is 0 Å². The first-order valence-corrected chi connectivity index (χ1v) is 6.40. The van der Waals surface area contributed by atoms with Crippen molar-refractivity contribution in [2.24, 2.45) is 5.92 Å². The van der Waals surface area contributed by atoms with Gasteiger partial charge in [-0.25, -0.2) is 0 Å². The van der Waals surface area contributed by atoms with Crippen LogP contribution in [0.15, 0.2) is 54.1 Å². The maximum atomic E-state index is 12.5. The molecule has 96 valence electrons. The second-order valence-corrected chi connectivity index (χ2v) is 4.83. The molecule has 0 spiro atoms. The summed E-state index contributed by atoms with van der Waals surface area (Å²) in [6.07, 6.45) is 6.42. The molecule has 0 radical (unpaired) electrons. The molecular formula is C16H14O3. The van der Waals surface area contributed by atoms with Crippen LogP contribution in [-0.2, 0) is 9.53 Å². The van der Waals surface area contributed by atoms with Crippen molar-refractivity contribution in [1.82, 2.24) is 0 Å². The lowest BCUT2D eigenvalue weighted by molar-refractivity contribution is -0.140. The number of rotatable bonds is 3. The molecule has 1 heterocycles. The van der Waals surface area contributed by atoms with Crippen LogP contribution in [-0.4, -0.2) is 17.9 Å². The molecule has 1 aromatic rings. The zero-order valence-electron chi connectivity index (χ0n) is 10.4. The largest absolute Gasteiger partial charge is 0.457 e. The molecule has 0 amide bonds. The van der Waals surface area contributed by atoms with Gasteiger partial charge in [-0.2, -0.15) is 0 Å².